The first-order chi connectivity index (χ1) is 14.3. The average Bonchev–Trinajstić information content (AvgIpc) is 2.63. The molecule has 3 aromatic rings. The number of aromatic amines is 2. The zero-order valence-electron chi connectivity index (χ0n) is 17.1. The van der Waals surface area contributed by atoms with Crippen LogP contribution in [0.1, 0.15) is 33.6 Å². The van der Waals surface area contributed by atoms with Crippen molar-refractivity contribution >= 4 is 24.3 Å². The zero-order valence-corrected chi connectivity index (χ0v) is 17.1. The van der Waals surface area contributed by atoms with E-state index in [1.807, 2.05) is 26.0 Å². The second-order valence-corrected chi connectivity index (χ2v) is 6.78. The maximum absolute atomic E-state index is 11.5. The maximum Gasteiger partial charge on any atom is 0.252 e. The molecule has 0 spiro atoms. The van der Waals surface area contributed by atoms with Crippen LogP contribution < -0.4 is 22.0 Å². The lowest BCUT2D eigenvalue weighted by Gasteiger charge is -2.07. The van der Waals surface area contributed by atoms with Gasteiger partial charge in [0.1, 0.15) is 0 Å². The summed E-state index contributed by atoms with van der Waals surface area (Å²) in [6, 6.07) is 6.76. The summed E-state index contributed by atoms with van der Waals surface area (Å²) in [5, 5.41) is 8.30. The Morgan fingerprint density at radius 3 is 1.50 bits per heavy atom. The number of hydrogen-bond acceptors (Lipinski definition) is 8. The van der Waals surface area contributed by atoms with Crippen molar-refractivity contribution in [3.63, 3.8) is 0 Å². The molecule has 0 amide bonds. The smallest absolute Gasteiger partial charge is 0.252 e. The SMILES string of the molecule is Cc1cc(=O)[nH]c(N/N=C\c2cc(C)c(/C=N\Nc3nc(C)cc(=O)[nH]3)cc2C)n1. The van der Waals surface area contributed by atoms with Crippen molar-refractivity contribution in [1.29, 1.82) is 0 Å². The van der Waals surface area contributed by atoms with Crippen LogP contribution in [0.25, 0.3) is 0 Å². The Balaban J connectivity index is 1.71. The molecule has 3 rings (SSSR count). The molecule has 0 saturated heterocycles. The Bertz CT molecular complexity index is 1140. The number of nitrogens with zero attached hydrogens (tertiary/aromatic N) is 4. The molecular weight excluding hydrogens is 384 g/mol. The lowest BCUT2D eigenvalue weighted by atomic mass is 10.0. The van der Waals surface area contributed by atoms with Gasteiger partial charge in [-0.3, -0.25) is 19.6 Å². The van der Waals surface area contributed by atoms with E-state index in [4.69, 9.17) is 0 Å². The monoisotopic (exact) mass is 406 g/mol. The molecule has 2 heterocycles. The predicted molar refractivity (Wildman–Crippen MR) is 118 cm³/mol. The number of benzene rings is 1. The van der Waals surface area contributed by atoms with Crippen molar-refractivity contribution in [1.82, 2.24) is 19.9 Å². The van der Waals surface area contributed by atoms with Gasteiger partial charge in [-0.15, -0.1) is 0 Å². The van der Waals surface area contributed by atoms with Gasteiger partial charge in [0.25, 0.3) is 11.1 Å². The summed E-state index contributed by atoms with van der Waals surface area (Å²) in [5.41, 5.74) is 9.97. The standard InChI is InChI=1S/C20H22N8O2/c1-11-5-16(10-22-28-20-24-14(4)8-18(30)26-20)12(2)6-15(11)9-21-27-19-23-13(3)7-17(29)25-19/h5-10H,1-4H3,(H2,23,25,27,29)(H2,24,26,28,30)/b21-9-,22-10-. The molecule has 0 aliphatic carbocycles. The number of hydrogen-bond donors (Lipinski definition) is 4. The van der Waals surface area contributed by atoms with Gasteiger partial charge >= 0.3 is 0 Å². The predicted octanol–water partition coefficient (Wildman–Crippen LogP) is 1.98. The molecule has 0 saturated carbocycles. The van der Waals surface area contributed by atoms with Crippen molar-refractivity contribution in [2.24, 2.45) is 10.2 Å². The Morgan fingerprint density at radius 1 is 0.733 bits per heavy atom. The first kappa shape index (κ1) is 20.6. The Kier molecular flexibility index (Phi) is 6.16. The van der Waals surface area contributed by atoms with E-state index in [0.717, 1.165) is 22.3 Å². The van der Waals surface area contributed by atoms with E-state index in [9.17, 15) is 9.59 Å². The lowest BCUT2D eigenvalue weighted by molar-refractivity contribution is 1.04. The topological polar surface area (TPSA) is 140 Å². The number of rotatable bonds is 6. The van der Waals surface area contributed by atoms with Crippen molar-refractivity contribution in [2.75, 3.05) is 10.9 Å². The first-order valence-corrected chi connectivity index (χ1v) is 9.15. The summed E-state index contributed by atoms with van der Waals surface area (Å²) in [4.78, 5) is 36.4. The molecule has 0 aliphatic heterocycles. The Labute approximate surface area is 172 Å². The highest BCUT2D eigenvalue weighted by molar-refractivity contribution is 5.88. The van der Waals surface area contributed by atoms with E-state index in [-0.39, 0.29) is 23.0 Å². The van der Waals surface area contributed by atoms with Crippen molar-refractivity contribution in [3.8, 4) is 0 Å². The molecule has 1 aromatic carbocycles. The van der Waals surface area contributed by atoms with Crippen LogP contribution in [0.15, 0.2) is 44.1 Å². The summed E-state index contributed by atoms with van der Waals surface area (Å²) in [6.07, 6.45) is 3.32. The van der Waals surface area contributed by atoms with E-state index in [1.54, 1.807) is 26.3 Å². The summed E-state index contributed by atoms with van der Waals surface area (Å²) in [6.45, 7) is 7.38. The largest absolute Gasteiger partial charge is 0.291 e. The normalized spacial score (nSPS) is 11.3. The second kappa shape index (κ2) is 8.95. The number of hydrazone groups is 2. The Morgan fingerprint density at radius 2 is 1.13 bits per heavy atom. The fourth-order valence-corrected chi connectivity index (χ4v) is 2.73. The quantitative estimate of drug-likeness (QED) is 0.364. The minimum Gasteiger partial charge on any atom is -0.291 e. The molecule has 4 N–H and O–H groups in total. The third kappa shape index (κ3) is 5.47. The number of anilines is 2. The van der Waals surface area contributed by atoms with Crippen molar-refractivity contribution < 1.29 is 0 Å². The van der Waals surface area contributed by atoms with E-state index in [2.05, 4.69) is 41.0 Å². The fourth-order valence-electron chi connectivity index (χ4n) is 2.73. The van der Waals surface area contributed by atoms with Gasteiger partial charge < -0.3 is 0 Å². The number of nitrogens with one attached hydrogen (secondary N) is 4. The Hall–Kier alpha value is -4.08. The average molecular weight is 406 g/mol. The van der Waals surface area contributed by atoms with Gasteiger partial charge in [-0.05, 0) is 62.1 Å². The van der Waals surface area contributed by atoms with Crippen LogP contribution in [0.4, 0.5) is 11.9 Å². The molecule has 10 nitrogen and oxygen atoms in total. The molecule has 0 bridgehead atoms. The van der Waals surface area contributed by atoms with E-state index in [1.165, 1.54) is 12.1 Å². The van der Waals surface area contributed by atoms with Gasteiger partial charge in [-0.2, -0.15) is 10.2 Å². The molecule has 2 aromatic heterocycles. The van der Waals surface area contributed by atoms with Crippen molar-refractivity contribution in [3.05, 3.63) is 78.6 Å². The zero-order chi connectivity index (χ0) is 21.7. The molecule has 10 heteroatoms. The van der Waals surface area contributed by atoms with E-state index in [0.29, 0.717) is 11.4 Å². The van der Waals surface area contributed by atoms with Gasteiger partial charge in [0.15, 0.2) is 0 Å². The van der Waals surface area contributed by atoms with E-state index >= 15 is 0 Å². The summed E-state index contributed by atoms with van der Waals surface area (Å²) in [5.74, 6) is 0.562. The number of aromatic nitrogens is 4. The van der Waals surface area contributed by atoms with Gasteiger partial charge in [-0.25, -0.2) is 20.8 Å². The van der Waals surface area contributed by atoms with Crippen LogP contribution in [0.5, 0.6) is 0 Å². The highest BCUT2D eigenvalue weighted by atomic mass is 16.1. The number of aryl methyl sites for hydroxylation is 4. The van der Waals surface area contributed by atoms with Crippen LogP contribution in [-0.4, -0.2) is 32.4 Å². The third-order valence-corrected chi connectivity index (χ3v) is 4.14. The summed E-state index contributed by atoms with van der Waals surface area (Å²) in [7, 11) is 0. The van der Waals surface area contributed by atoms with E-state index < -0.39 is 0 Å². The van der Waals surface area contributed by atoms with Crippen LogP contribution in [-0.2, 0) is 0 Å². The first-order valence-electron chi connectivity index (χ1n) is 9.15. The molecule has 0 fully saturated rings. The minimum atomic E-state index is -0.241. The van der Waals surface area contributed by atoms with Crippen LogP contribution in [0.2, 0.25) is 0 Å². The molecule has 154 valence electrons. The molecule has 0 atom stereocenters. The molecule has 0 aliphatic rings. The second-order valence-electron chi connectivity index (χ2n) is 6.78. The van der Waals surface area contributed by atoms with Crippen LogP contribution in [0, 0.1) is 27.7 Å². The van der Waals surface area contributed by atoms with Gasteiger partial charge in [-0.1, -0.05) is 0 Å². The molecule has 0 unspecified atom stereocenters. The van der Waals surface area contributed by atoms with Crippen LogP contribution >= 0.6 is 0 Å². The van der Waals surface area contributed by atoms with Crippen molar-refractivity contribution in [2.45, 2.75) is 27.7 Å². The minimum absolute atomic E-state index is 0.241. The fraction of sp³-hybridized carbons (Fsp3) is 0.200. The summed E-state index contributed by atoms with van der Waals surface area (Å²) >= 11 is 0. The van der Waals surface area contributed by atoms with Gasteiger partial charge in [0.2, 0.25) is 11.9 Å². The van der Waals surface area contributed by atoms with Gasteiger partial charge in [0.05, 0.1) is 12.4 Å². The lowest BCUT2D eigenvalue weighted by Crippen LogP contribution is -2.10. The third-order valence-electron chi connectivity index (χ3n) is 4.14. The van der Waals surface area contributed by atoms with Crippen LogP contribution in [0.3, 0.4) is 0 Å². The van der Waals surface area contributed by atoms with Gasteiger partial charge in [0, 0.05) is 23.5 Å². The molecule has 0 radical (unpaired) electrons. The highest BCUT2D eigenvalue weighted by Gasteiger charge is 2.03. The maximum atomic E-state index is 11.5. The summed E-state index contributed by atoms with van der Waals surface area (Å²) < 4.78 is 0. The molecular formula is C20H22N8O2. The molecule has 30 heavy (non-hydrogen) atoms. The number of H-pyrrole nitrogens is 2. The highest BCUT2D eigenvalue weighted by Crippen LogP contribution is 2.13.